The van der Waals surface area contributed by atoms with E-state index in [0.717, 1.165) is 0 Å². The van der Waals surface area contributed by atoms with E-state index in [0.29, 0.717) is 21.7 Å². The van der Waals surface area contributed by atoms with E-state index in [-0.39, 0.29) is 6.42 Å². The molecule has 2 rings (SSSR count). The van der Waals surface area contributed by atoms with Crippen molar-refractivity contribution >= 4 is 28.6 Å². The predicted octanol–water partition coefficient (Wildman–Crippen LogP) is 1.44. The molecule has 0 aliphatic carbocycles. The maximum absolute atomic E-state index is 10.3. The molecule has 0 aliphatic rings. The van der Waals surface area contributed by atoms with Gasteiger partial charge >= 0.3 is 5.97 Å². The Labute approximate surface area is 95.5 Å². The highest BCUT2D eigenvalue weighted by Crippen LogP contribution is 2.20. The van der Waals surface area contributed by atoms with Crippen LogP contribution in [0.4, 0.5) is 0 Å². The molecule has 0 unspecified atom stereocenters. The number of rotatable bonds is 1. The Kier molecular flexibility index (Phi) is 2.75. The Morgan fingerprint density at radius 1 is 1.56 bits per heavy atom. The van der Waals surface area contributed by atoms with Crippen molar-refractivity contribution in [1.29, 1.82) is 0 Å². The zero-order valence-corrected chi connectivity index (χ0v) is 8.75. The fourth-order valence-electron chi connectivity index (χ4n) is 1.22. The minimum Gasteiger partial charge on any atom is -0.481 e. The van der Waals surface area contributed by atoms with Crippen LogP contribution in [0.3, 0.4) is 0 Å². The van der Waals surface area contributed by atoms with Gasteiger partial charge in [-0.25, -0.2) is 9.97 Å². The van der Waals surface area contributed by atoms with Gasteiger partial charge in [0, 0.05) is 6.20 Å². The number of aromatic amines is 1. The SMILES string of the molecule is O=C(O)CC#Cc1c[nH]c2c(Cl)ncnc12. The van der Waals surface area contributed by atoms with Crippen molar-refractivity contribution in [3.63, 3.8) is 0 Å². The molecular weight excluding hydrogens is 230 g/mol. The maximum atomic E-state index is 10.3. The number of halogens is 1. The third-order valence-electron chi connectivity index (χ3n) is 1.88. The van der Waals surface area contributed by atoms with E-state index in [1.807, 2.05) is 0 Å². The molecule has 2 heterocycles. The van der Waals surface area contributed by atoms with E-state index in [1.54, 1.807) is 6.20 Å². The van der Waals surface area contributed by atoms with Crippen LogP contribution in [0.15, 0.2) is 12.5 Å². The highest BCUT2D eigenvalue weighted by Gasteiger charge is 2.06. The highest BCUT2D eigenvalue weighted by atomic mass is 35.5. The number of H-pyrrole nitrogens is 1. The summed E-state index contributed by atoms with van der Waals surface area (Å²) in [6, 6.07) is 0. The number of hydrogen-bond acceptors (Lipinski definition) is 3. The van der Waals surface area contributed by atoms with Gasteiger partial charge in [-0.2, -0.15) is 0 Å². The molecule has 0 fully saturated rings. The summed E-state index contributed by atoms with van der Waals surface area (Å²) in [6.07, 6.45) is 2.76. The first-order chi connectivity index (χ1) is 7.68. The van der Waals surface area contributed by atoms with Crippen molar-refractivity contribution < 1.29 is 9.90 Å². The summed E-state index contributed by atoms with van der Waals surface area (Å²) in [7, 11) is 0. The maximum Gasteiger partial charge on any atom is 0.315 e. The van der Waals surface area contributed by atoms with E-state index < -0.39 is 5.97 Å². The zero-order chi connectivity index (χ0) is 11.5. The number of carboxylic acid groups (broad SMARTS) is 1. The lowest BCUT2D eigenvalue weighted by Gasteiger charge is -1.90. The summed E-state index contributed by atoms with van der Waals surface area (Å²) in [5, 5.41) is 8.76. The second kappa shape index (κ2) is 4.21. The summed E-state index contributed by atoms with van der Waals surface area (Å²) in [5.41, 5.74) is 1.81. The van der Waals surface area contributed by atoms with Crippen LogP contribution in [-0.2, 0) is 4.79 Å². The lowest BCUT2D eigenvalue weighted by atomic mass is 10.3. The summed E-state index contributed by atoms with van der Waals surface area (Å²) < 4.78 is 0. The molecule has 0 aromatic carbocycles. The highest BCUT2D eigenvalue weighted by molar-refractivity contribution is 6.33. The van der Waals surface area contributed by atoms with Crippen molar-refractivity contribution in [3.05, 3.63) is 23.2 Å². The van der Waals surface area contributed by atoms with Gasteiger partial charge in [0.2, 0.25) is 0 Å². The molecule has 0 saturated carbocycles. The zero-order valence-electron chi connectivity index (χ0n) is 7.99. The molecule has 0 bridgehead atoms. The molecule has 0 amide bonds. The fourth-order valence-corrected chi connectivity index (χ4v) is 1.41. The van der Waals surface area contributed by atoms with Gasteiger partial charge in [0.05, 0.1) is 5.56 Å². The number of hydrogen-bond donors (Lipinski definition) is 2. The average molecular weight is 236 g/mol. The number of fused-ring (bicyclic) bond motifs is 1. The topological polar surface area (TPSA) is 78.9 Å². The molecule has 6 heteroatoms. The number of nitrogens with one attached hydrogen (secondary N) is 1. The van der Waals surface area contributed by atoms with Crippen molar-refractivity contribution in [2.24, 2.45) is 0 Å². The minimum atomic E-state index is -0.958. The van der Waals surface area contributed by atoms with Crippen LogP contribution in [-0.4, -0.2) is 26.0 Å². The summed E-state index contributed by atoms with van der Waals surface area (Å²) in [5.74, 6) is 4.28. The molecular formula is C10H6ClN3O2. The van der Waals surface area contributed by atoms with Gasteiger partial charge in [-0.1, -0.05) is 23.4 Å². The Morgan fingerprint density at radius 2 is 2.38 bits per heavy atom. The second-order valence-corrected chi connectivity index (χ2v) is 3.32. The molecule has 2 aromatic heterocycles. The van der Waals surface area contributed by atoms with Gasteiger partial charge in [0.1, 0.15) is 23.8 Å². The van der Waals surface area contributed by atoms with Crippen molar-refractivity contribution in [3.8, 4) is 11.8 Å². The molecule has 5 nitrogen and oxygen atoms in total. The third-order valence-corrected chi connectivity index (χ3v) is 2.17. The lowest BCUT2D eigenvalue weighted by Crippen LogP contribution is -1.90. The molecule has 2 aromatic rings. The predicted molar refractivity (Wildman–Crippen MR) is 58.0 cm³/mol. The fraction of sp³-hybridized carbons (Fsp3) is 0.100. The van der Waals surface area contributed by atoms with Gasteiger partial charge in [0.15, 0.2) is 5.15 Å². The van der Waals surface area contributed by atoms with Crippen LogP contribution in [0.25, 0.3) is 11.0 Å². The van der Waals surface area contributed by atoms with Crippen molar-refractivity contribution in [1.82, 2.24) is 15.0 Å². The Bertz CT molecular complexity index is 609. The minimum absolute atomic E-state index is 0.203. The second-order valence-electron chi connectivity index (χ2n) is 2.96. The van der Waals surface area contributed by atoms with Crippen LogP contribution < -0.4 is 0 Å². The Morgan fingerprint density at radius 3 is 3.12 bits per heavy atom. The van der Waals surface area contributed by atoms with E-state index in [2.05, 4.69) is 26.8 Å². The molecule has 0 atom stereocenters. The first-order valence-electron chi connectivity index (χ1n) is 4.36. The van der Waals surface area contributed by atoms with E-state index in [9.17, 15) is 4.79 Å². The summed E-state index contributed by atoms with van der Waals surface area (Å²) in [6.45, 7) is 0. The van der Waals surface area contributed by atoms with Gasteiger partial charge in [-0.3, -0.25) is 4.79 Å². The normalized spacial score (nSPS) is 9.81. The lowest BCUT2D eigenvalue weighted by molar-refractivity contribution is -0.135. The largest absolute Gasteiger partial charge is 0.481 e. The smallest absolute Gasteiger partial charge is 0.315 e. The average Bonchev–Trinajstić information content (AvgIpc) is 2.63. The standard InChI is InChI=1S/C10H6ClN3O2/c11-10-9-8(13-5-14-10)6(4-12-9)2-1-3-7(15)16/h4-5,12H,3H2,(H,15,16). The Hall–Kier alpha value is -2.06. The number of nitrogens with zero attached hydrogens (tertiary/aromatic N) is 2. The molecule has 0 saturated heterocycles. The van der Waals surface area contributed by atoms with Gasteiger partial charge in [-0.05, 0) is 0 Å². The molecule has 0 radical (unpaired) electrons. The third kappa shape index (κ3) is 1.97. The number of carbonyl (C=O) groups is 1. The van der Waals surface area contributed by atoms with Crippen LogP contribution >= 0.6 is 11.6 Å². The summed E-state index contributed by atoms with van der Waals surface area (Å²) >= 11 is 5.83. The summed E-state index contributed by atoms with van der Waals surface area (Å²) in [4.78, 5) is 21.0. The van der Waals surface area contributed by atoms with E-state index >= 15 is 0 Å². The van der Waals surface area contributed by atoms with Gasteiger partial charge in [-0.15, -0.1) is 0 Å². The quantitative estimate of drug-likeness (QED) is 0.579. The first kappa shape index (κ1) is 10.5. The van der Waals surface area contributed by atoms with Crippen molar-refractivity contribution in [2.75, 3.05) is 0 Å². The van der Waals surface area contributed by atoms with Crippen LogP contribution in [0, 0.1) is 11.8 Å². The van der Waals surface area contributed by atoms with Crippen molar-refractivity contribution in [2.45, 2.75) is 6.42 Å². The monoisotopic (exact) mass is 235 g/mol. The molecule has 0 spiro atoms. The van der Waals surface area contributed by atoms with E-state index in [4.69, 9.17) is 16.7 Å². The van der Waals surface area contributed by atoms with Crippen LogP contribution in [0.2, 0.25) is 5.15 Å². The van der Waals surface area contributed by atoms with Gasteiger partial charge < -0.3 is 10.1 Å². The molecule has 80 valence electrons. The van der Waals surface area contributed by atoms with Crippen LogP contribution in [0.1, 0.15) is 12.0 Å². The molecule has 0 aliphatic heterocycles. The van der Waals surface area contributed by atoms with Crippen LogP contribution in [0.5, 0.6) is 0 Å². The van der Waals surface area contributed by atoms with E-state index in [1.165, 1.54) is 6.33 Å². The van der Waals surface area contributed by atoms with Gasteiger partial charge in [0.25, 0.3) is 0 Å². The Balaban J connectivity index is 2.42. The molecule has 2 N–H and O–H groups in total. The first-order valence-corrected chi connectivity index (χ1v) is 4.74. The molecule has 16 heavy (non-hydrogen) atoms. The number of aromatic nitrogens is 3. The number of aliphatic carboxylic acids is 1. The number of carboxylic acids is 1.